The van der Waals surface area contributed by atoms with Crippen LogP contribution in [0.2, 0.25) is 0 Å². The second-order valence-electron chi connectivity index (χ2n) is 8.46. The lowest BCUT2D eigenvalue weighted by Crippen LogP contribution is -2.65. The van der Waals surface area contributed by atoms with Crippen molar-refractivity contribution in [2.45, 2.75) is 75.3 Å². The highest BCUT2D eigenvalue weighted by atomic mass is 35.5. The number of rotatable bonds is 5. The third-order valence-electron chi connectivity index (χ3n) is 5.85. The van der Waals surface area contributed by atoms with E-state index in [2.05, 4.69) is 9.89 Å². The van der Waals surface area contributed by atoms with Gasteiger partial charge >= 0.3 is 11.8 Å². The normalized spacial score (nSPS) is 27.5. The summed E-state index contributed by atoms with van der Waals surface area (Å²) >= 11 is 1.57. The van der Waals surface area contributed by atoms with Crippen LogP contribution in [0.25, 0.3) is 0 Å². The molecule has 0 saturated carbocycles. The van der Waals surface area contributed by atoms with Crippen LogP contribution in [0.3, 0.4) is 0 Å². The smallest absolute Gasteiger partial charge is 0.456 e. The number of amides is 1. The predicted molar refractivity (Wildman–Crippen MR) is 117 cm³/mol. The number of nitrogens with zero attached hydrogens (tertiary/aromatic N) is 3. The van der Waals surface area contributed by atoms with E-state index in [0.717, 1.165) is 25.9 Å². The van der Waals surface area contributed by atoms with Crippen molar-refractivity contribution in [3.8, 4) is 0 Å². The Morgan fingerprint density at radius 1 is 1.23 bits per heavy atom. The number of hydrogen-bond acceptors (Lipinski definition) is 8. The number of aryl methyl sites for hydroxylation is 1. The highest BCUT2D eigenvalue weighted by Gasteiger charge is 2.64. The van der Waals surface area contributed by atoms with Gasteiger partial charge in [-0.1, -0.05) is 12.8 Å². The molecule has 0 radical (unpaired) electrons. The Balaban J connectivity index is 0.00000272. The van der Waals surface area contributed by atoms with E-state index in [1.807, 2.05) is 20.2 Å². The molecule has 3 aliphatic heterocycles. The van der Waals surface area contributed by atoms with Crippen molar-refractivity contribution in [2.24, 2.45) is 4.99 Å². The summed E-state index contributed by atoms with van der Waals surface area (Å²) < 4.78 is 14.5. The molecule has 0 bridgehead atoms. The quantitative estimate of drug-likeness (QED) is 0.277. The van der Waals surface area contributed by atoms with Crippen LogP contribution in [0.1, 0.15) is 51.1 Å². The first-order valence-electron chi connectivity index (χ1n) is 10.3. The van der Waals surface area contributed by atoms with Crippen molar-refractivity contribution in [1.82, 2.24) is 9.80 Å². The number of carbonyl (C=O) groups is 2. The molecule has 3 fully saturated rings. The third-order valence-corrected chi connectivity index (χ3v) is 7.41. The maximum Gasteiger partial charge on any atom is 0.519 e. The highest BCUT2D eigenvalue weighted by Crippen LogP contribution is 2.52. The van der Waals surface area contributed by atoms with Gasteiger partial charge in [0.2, 0.25) is 0 Å². The van der Waals surface area contributed by atoms with Gasteiger partial charge in [0.25, 0.3) is 5.91 Å². The van der Waals surface area contributed by atoms with Crippen LogP contribution in [-0.4, -0.2) is 63.3 Å². The first kappa shape index (κ1) is 23.7. The van der Waals surface area contributed by atoms with Crippen molar-refractivity contribution < 1.29 is 23.2 Å². The molecule has 3 aliphatic rings. The van der Waals surface area contributed by atoms with Crippen LogP contribution in [0, 0.1) is 6.92 Å². The van der Waals surface area contributed by atoms with Crippen molar-refractivity contribution in [3.63, 3.8) is 0 Å². The molecule has 0 unspecified atom stereocenters. The average Bonchev–Trinajstić information content (AvgIpc) is 2.99. The zero-order chi connectivity index (χ0) is 21.5. The molecular weight excluding hydrogens is 446 g/mol. The number of fused-ring (bicyclic) bond motifs is 1. The Morgan fingerprint density at radius 2 is 1.90 bits per heavy atom. The van der Waals surface area contributed by atoms with Crippen LogP contribution in [0.15, 0.2) is 18.6 Å². The summed E-state index contributed by atoms with van der Waals surface area (Å²) in [5.41, 5.74) is 0. The van der Waals surface area contributed by atoms with Crippen molar-refractivity contribution in [1.29, 1.82) is 0 Å². The Hall–Kier alpha value is -1.94. The summed E-state index contributed by atoms with van der Waals surface area (Å²) in [5.74, 6) is -1.08. The molecule has 3 saturated heterocycles. The largest absolute Gasteiger partial charge is 0.519 e. The molecule has 0 N–H and O–H groups in total. The summed E-state index contributed by atoms with van der Waals surface area (Å²) in [6.07, 6.45) is 6.57. The summed E-state index contributed by atoms with van der Waals surface area (Å²) in [7, 11) is 0. The molecule has 1 amide bonds. The Bertz CT molecular complexity index is 905. The van der Waals surface area contributed by atoms with E-state index >= 15 is 0 Å². The van der Waals surface area contributed by atoms with Gasteiger partial charge in [0.05, 0.1) is 6.34 Å². The van der Waals surface area contributed by atoms with Crippen LogP contribution in [0.4, 0.5) is 0 Å². The van der Waals surface area contributed by atoms with E-state index in [4.69, 9.17) is 13.6 Å². The van der Waals surface area contributed by atoms with Crippen LogP contribution < -0.4 is 5.82 Å². The Labute approximate surface area is 191 Å². The van der Waals surface area contributed by atoms with Gasteiger partial charge in [-0.25, -0.2) is 9.59 Å². The summed E-state index contributed by atoms with van der Waals surface area (Å²) in [5, 5.41) is -0.179. The SMILES string of the molecule is Cc1oc(=O)oc1COC(=O)[C@@H]1N2C(=O)[C@@H](N=CN3CCCCCC3)[C@H]2SC1(C)C.Cl. The van der Waals surface area contributed by atoms with Crippen LogP contribution >= 0.6 is 24.2 Å². The van der Waals surface area contributed by atoms with Crippen molar-refractivity contribution >= 4 is 42.4 Å². The van der Waals surface area contributed by atoms with Gasteiger partial charge in [-0.2, -0.15) is 0 Å². The highest BCUT2D eigenvalue weighted by molar-refractivity contribution is 8.01. The van der Waals surface area contributed by atoms with Gasteiger partial charge in [0.1, 0.15) is 11.4 Å². The molecule has 1 aromatic heterocycles. The monoisotopic (exact) mass is 473 g/mol. The molecule has 4 rings (SSSR count). The molecule has 11 heteroatoms. The molecule has 0 aliphatic carbocycles. The maximum absolute atomic E-state index is 12.8. The number of halogens is 1. The number of likely N-dealkylation sites (tertiary alicyclic amines) is 1. The van der Waals surface area contributed by atoms with Crippen molar-refractivity contribution in [3.05, 3.63) is 22.1 Å². The number of aliphatic imine (C=N–C) groups is 1. The molecular formula is C20H28ClN3O6S. The first-order valence-corrected chi connectivity index (χ1v) is 11.2. The fourth-order valence-electron chi connectivity index (χ4n) is 4.21. The first-order chi connectivity index (χ1) is 14.3. The second kappa shape index (κ2) is 9.28. The standard InChI is InChI=1S/C20H27N3O6S.ClH/c1-12-13(29-19(26)28-12)10-27-18(25)15-20(2,3)30-17-14(16(24)23(15)17)21-11-22-8-6-4-5-7-9-22;/h11,14-15,17H,4-10H2,1-3H3;1H/t14-,15+,17-;/m1./s1. The van der Waals surface area contributed by atoms with E-state index in [1.54, 1.807) is 23.6 Å². The molecule has 0 aromatic carbocycles. The molecule has 1 aromatic rings. The van der Waals surface area contributed by atoms with Gasteiger partial charge in [0.15, 0.2) is 24.2 Å². The van der Waals surface area contributed by atoms with E-state index in [9.17, 15) is 14.4 Å². The summed E-state index contributed by atoms with van der Waals surface area (Å²) in [6.45, 7) is 7.13. The third kappa shape index (κ3) is 4.64. The average molecular weight is 474 g/mol. The molecule has 172 valence electrons. The van der Waals surface area contributed by atoms with E-state index in [1.165, 1.54) is 12.8 Å². The maximum atomic E-state index is 12.8. The molecule has 0 spiro atoms. The molecule has 4 heterocycles. The minimum absolute atomic E-state index is 0. The van der Waals surface area contributed by atoms with Crippen LogP contribution in [0.5, 0.6) is 0 Å². The number of ether oxygens (including phenoxy) is 1. The number of hydrogen-bond donors (Lipinski definition) is 0. The van der Waals surface area contributed by atoms with E-state index in [-0.39, 0.29) is 41.8 Å². The summed E-state index contributed by atoms with van der Waals surface area (Å²) in [6, 6.07) is -1.19. The van der Waals surface area contributed by atoms with Gasteiger partial charge in [-0.3, -0.25) is 9.79 Å². The van der Waals surface area contributed by atoms with Gasteiger partial charge in [-0.05, 0) is 33.6 Å². The molecule has 9 nitrogen and oxygen atoms in total. The lowest BCUT2D eigenvalue weighted by molar-refractivity contribution is -0.163. The topological polar surface area (TPSA) is 106 Å². The molecule has 31 heavy (non-hydrogen) atoms. The number of carbonyl (C=O) groups excluding carboxylic acids is 2. The van der Waals surface area contributed by atoms with Gasteiger partial charge in [0, 0.05) is 17.8 Å². The van der Waals surface area contributed by atoms with Crippen LogP contribution in [-0.2, 0) is 20.9 Å². The fraction of sp³-hybridized carbons (Fsp3) is 0.700. The number of esters is 1. The van der Waals surface area contributed by atoms with Gasteiger partial charge in [-0.15, -0.1) is 24.2 Å². The zero-order valence-corrected chi connectivity index (χ0v) is 19.5. The van der Waals surface area contributed by atoms with E-state index in [0.29, 0.717) is 0 Å². The van der Waals surface area contributed by atoms with E-state index < -0.39 is 28.6 Å². The lowest BCUT2D eigenvalue weighted by Gasteiger charge is -2.41. The molecule has 3 atom stereocenters. The minimum Gasteiger partial charge on any atom is -0.456 e. The fourth-order valence-corrected chi connectivity index (χ4v) is 5.83. The van der Waals surface area contributed by atoms with Crippen molar-refractivity contribution in [2.75, 3.05) is 13.1 Å². The second-order valence-corrected chi connectivity index (χ2v) is 10.2. The van der Waals surface area contributed by atoms with Gasteiger partial charge < -0.3 is 23.4 Å². The Kier molecular flexibility index (Phi) is 7.10. The lowest BCUT2D eigenvalue weighted by atomic mass is 9.96. The minimum atomic E-state index is -0.835. The Morgan fingerprint density at radius 3 is 2.52 bits per heavy atom. The zero-order valence-electron chi connectivity index (χ0n) is 17.9. The number of β-lactam (4-membered cyclic amide) rings is 1. The predicted octanol–water partition coefficient (Wildman–Crippen LogP) is 2.34. The number of thioether (sulfide) groups is 1. The summed E-state index contributed by atoms with van der Waals surface area (Å²) in [4.78, 5) is 45.1.